The van der Waals surface area contributed by atoms with Gasteiger partial charge in [0.25, 0.3) is 5.91 Å². The predicted molar refractivity (Wildman–Crippen MR) is 152 cm³/mol. The molecule has 1 aromatic heterocycles. The lowest BCUT2D eigenvalue weighted by Gasteiger charge is -2.26. The average molecular weight is 541 g/mol. The number of carbonyl (C=O) groups excluding carboxylic acids is 1. The fourth-order valence-corrected chi connectivity index (χ4v) is 7.72. The van der Waals surface area contributed by atoms with Gasteiger partial charge in [-0.2, -0.15) is 0 Å². The first-order chi connectivity index (χ1) is 17.8. The van der Waals surface area contributed by atoms with Crippen molar-refractivity contribution in [1.29, 1.82) is 0 Å². The molecule has 2 aromatic rings. The third-order valence-electron chi connectivity index (χ3n) is 9.30. The largest absolute Gasteiger partial charge is 0.386 e. The lowest BCUT2D eigenvalue weighted by molar-refractivity contribution is 0.0785. The van der Waals surface area contributed by atoms with Crippen LogP contribution in [-0.2, 0) is 27.4 Å². The first kappa shape index (κ1) is 27.4. The quantitative estimate of drug-likeness (QED) is 0.476. The summed E-state index contributed by atoms with van der Waals surface area (Å²) in [6, 6.07) is 8.42. The van der Waals surface area contributed by atoms with Crippen LogP contribution in [0.4, 0.5) is 0 Å². The lowest BCUT2D eigenvalue weighted by Crippen LogP contribution is -2.41. The number of amides is 1. The summed E-state index contributed by atoms with van der Waals surface area (Å²) in [7, 11) is -2.98. The molecule has 38 heavy (non-hydrogen) atoms. The van der Waals surface area contributed by atoms with Crippen molar-refractivity contribution in [3.63, 3.8) is 0 Å². The van der Waals surface area contributed by atoms with Crippen molar-refractivity contribution < 1.29 is 18.3 Å². The van der Waals surface area contributed by atoms with Crippen LogP contribution in [0.5, 0.6) is 0 Å². The average Bonchev–Trinajstić information content (AvgIpc) is 3.54. The summed E-state index contributed by atoms with van der Waals surface area (Å²) in [5, 5.41) is 14.1. The van der Waals surface area contributed by atoms with E-state index in [9.17, 15) is 18.3 Å². The fraction of sp³-hybridized carbons (Fsp3) is 0.645. The number of aliphatic hydroxyl groups is 1. The number of nitrogens with one attached hydrogen (secondary N) is 1. The Bertz CT molecular complexity index is 1270. The molecule has 5 rings (SSSR count). The second kappa shape index (κ2) is 10.1. The Morgan fingerprint density at radius 3 is 2.32 bits per heavy atom. The minimum Gasteiger partial charge on any atom is -0.386 e. The van der Waals surface area contributed by atoms with Crippen LogP contribution in [0.25, 0.3) is 11.3 Å². The number of aromatic nitrogens is 1. The van der Waals surface area contributed by atoms with Crippen LogP contribution < -0.4 is 5.32 Å². The Morgan fingerprint density at radius 2 is 1.71 bits per heavy atom. The molecule has 2 heterocycles. The van der Waals surface area contributed by atoms with Crippen molar-refractivity contribution in [2.24, 2.45) is 5.92 Å². The van der Waals surface area contributed by atoms with E-state index >= 15 is 0 Å². The summed E-state index contributed by atoms with van der Waals surface area (Å²) in [5.74, 6) is 0.737. The van der Waals surface area contributed by atoms with Crippen LogP contribution in [0, 0.1) is 12.8 Å². The number of rotatable bonds is 7. The van der Waals surface area contributed by atoms with Crippen LogP contribution in [0.2, 0.25) is 0 Å². The molecule has 1 saturated heterocycles. The van der Waals surface area contributed by atoms with Gasteiger partial charge in [0, 0.05) is 24.0 Å². The van der Waals surface area contributed by atoms with Gasteiger partial charge in [-0.15, -0.1) is 0 Å². The van der Waals surface area contributed by atoms with Crippen molar-refractivity contribution in [2.75, 3.05) is 11.5 Å². The zero-order chi connectivity index (χ0) is 27.3. The summed E-state index contributed by atoms with van der Waals surface area (Å²) >= 11 is 0. The summed E-state index contributed by atoms with van der Waals surface area (Å²) < 4.78 is 26.1. The third kappa shape index (κ3) is 5.89. The Labute approximate surface area is 228 Å². The maximum absolute atomic E-state index is 13.5. The van der Waals surface area contributed by atoms with E-state index in [-0.39, 0.29) is 28.9 Å². The normalized spacial score (nSPS) is 21.8. The fourth-order valence-electron chi connectivity index (χ4n) is 6.23. The molecule has 0 radical (unpaired) electrons. The summed E-state index contributed by atoms with van der Waals surface area (Å²) in [5.41, 5.74) is 5.04. The van der Waals surface area contributed by atoms with Crippen molar-refractivity contribution in [3.05, 3.63) is 46.6 Å². The highest BCUT2D eigenvalue weighted by Gasteiger charge is 2.40. The molecule has 7 heteroatoms. The molecule has 0 bridgehead atoms. The molecular weight excluding hydrogens is 496 g/mol. The Kier molecular flexibility index (Phi) is 7.31. The van der Waals surface area contributed by atoms with Gasteiger partial charge in [0.1, 0.15) is 9.84 Å². The van der Waals surface area contributed by atoms with Crippen LogP contribution in [-0.4, -0.2) is 41.5 Å². The topological polar surface area (TPSA) is 88.4 Å². The SMILES string of the molecule is Cc1c(C(=O)NC2CCS(=O)(=O)CC2)cc(-c2cc(C(C)(C)O)cc(C3(C)CC3)c2)n1CC1CCCCC1. The van der Waals surface area contributed by atoms with Gasteiger partial charge >= 0.3 is 0 Å². The van der Waals surface area contributed by atoms with Crippen LogP contribution in [0.15, 0.2) is 24.3 Å². The van der Waals surface area contributed by atoms with Gasteiger partial charge in [-0.3, -0.25) is 4.79 Å². The van der Waals surface area contributed by atoms with Crippen LogP contribution in [0.1, 0.15) is 106 Å². The molecule has 0 atom stereocenters. The van der Waals surface area contributed by atoms with Crippen molar-refractivity contribution in [3.8, 4) is 11.3 Å². The summed E-state index contributed by atoms with van der Waals surface area (Å²) in [6.45, 7) is 8.88. The highest BCUT2D eigenvalue weighted by molar-refractivity contribution is 7.91. The molecule has 3 fully saturated rings. The van der Waals surface area contributed by atoms with Crippen molar-refractivity contribution in [2.45, 2.75) is 109 Å². The molecule has 0 unspecified atom stereocenters. The molecule has 1 aromatic carbocycles. The van der Waals surface area contributed by atoms with Gasteiger partial charge < -0.3 is 15.0 Å². The molecule has 2 aliphatic carbocycles. The van der Waals surface area contributed by atoms with E-state index in [0.717, 1.165) is 41.9 Å². The van der Waals surface area contributed by atoms with Gasteiger partial charge in [0.05, 0.1) is 22.7 Å². The third-order valence-corrected chi connectivity index (χ3v) is 11.0. The number of carbonyl (C=O) groups is 1. The first-order valence-electron chi connectivity index (χ1n) is 14.4. The number of sulfone groups is 1. The first-order valence-corrected chi connectivity index (χ1v) is 16.3. The van der Waals surface area contributed by atoms with E-state index in [1.165, 1.54) is 37.7 Å². The highest BCUT2D eigenvalue weighted by atomic mass is 32.2. The summed E-state index contributed by atoms with van der Waals surface area (Å²) in [4.78, 5) is 13.5. The number of nitrogens with zero attached hydrogens (tertiary/aromatic N) is 1. The van der Waals surface area contributed by atoms with E-state index in [4.69, 9.17) is 0 Å². The van der Waals surface area contributed by atoms with Crippen LogP contribution in [0.3, 0.4) is 0 Å². The predicted octanol–water partition coefficient (Wildman–Crippen LogP) is 5.63. The maximum atomic E-state index is 13.5. The Balaban J connectivity index is 1.53. The van der Waals surface area contributed by atoms with Gasteiger partial charge in [-0.25, -0.2) is 8.42 Å². The van der Waals surface area contributed by atoms with E-state index in [1.54, 1.807) is 0 Å². The van der Waals surface area contributed by atoms with Gasteiger partial charge in [0.2, 0.25) is 0 Å². The standard InChI is InChI=1S/C31H44N2O4S/c1-21-27(29(34)32-26-10-14-38(36,37)15-11-26)19-28(33(21)20-22-8-6-5-7-9-22)23-16-24(30(2,3)35)18-25(17-23)31(4)12-13-31/h16-19,22,26,35H,5-15,20H2,1-4H3,(H,32,34). The van der Waals surface area contributed by atoms with Gasteiger partial charge in [0.15, 0.2) is 0 Å². The molecule has 6 nitrogen and oxygen atoms in total. The zero-order valence-electron chi connectivity index (χ0n) is 23.5. The minimum atomic E-state index is -2.98. The number of hydrogen-bond donors (Lipinski definition) is 2. The molecule has 1 amide bonds. The molecule has 0 spiro atoms. The zero-order valence-corrected chi connectivity index (χ0v) is 24.3. The molecule has 3 aliphatic rings. The minimum absolute atomic E-state index is 0.115. The second-order valence-electron chi connectivity index (χ2n) is 13.0. The molecule has 2 N–H and O–H groups in total. The molecule has 208 valence electrons. The Hall–Kier alpha value is -2.12. The summed E-state index contributed by atoms with van der Waals surface area (Å²) in [6.07, 6.45) is 9.47. The molecule has 2 saturated carbocycles. The van der Waals surface area contributed by atoms with Crippen molar-refractivity contribution in [1.82, 2.24) is 9.88 Å². The van der Waals surface area contributed by atoms with E-state index < -0.39 is 15.4 Å². The molecular formula is C31H44N2O4S. The smallest absolute Gasteiger partial charge is 0.253 e. The maximum Gasteiger partial charge on any atom is 0.253 e. The van der Waals surface area contributed by atoms with Crippen molar-refractivity contribution >= 4 is 15.7 Å². The van der Waals surface area contributed by atoms with E-state index in [1.807, 2.05) is 26.8 Å². The highest BCUT2D eigenvalue weighted by Crippen LogP contribution is 2.49. The van der Waals surface area contributed by atoms with E-state index in [0.29, 0.717) is 24.3 Å². The number of benzene rings is 1. The van der Waals surface area contributed by atoms with Gasteiger partial charge in [-0.1, -0.05) is 32.3 Å². The van der Waals surface area contributed by atoms with E-state index in [2.05, 4.69) is 35.0 Å². The molecule has 1 aliphatic heterocycles. The lowest BCUT2D eigenvalue weighted by atomic mass is 9.87. The van der Waals surface area contributed by atoms with Gasteiger partial charge in [-0.05, 0) is 106 Å². The second-order valence-corrected chi connectivity index (χ2v) is 15.3. The Morgan fingerprint density at radius 1 is 1.05 bits per heavy atom. The van der Waals surface area contributed by atoms with Crippen LogP contribution >= 0.6 is 0 Å². The monoisotopic (exact) mass is 540 g/mol. The number of hydrogen-bond acceptors (Lipinski definition) is 4.